The predicted octanol–water partition coefficient (Wildman–Crippen LogP) is 5.47. The zero-order valence-electron chi connectivity index (χ0n) is 26.7. The molecule has 0 aliphatic carbocycles. The maximum absolute atomic E-state index is 13.5. The van der Waals surface area contributed by atoms with Gasteiger partial charge in [0.25, 0.3) is 5.91 Å². The molecule has 1 atom stereocenters. The van der Waals surface area contributed by atoms with Crippen molar-refractivity contribution in [3.63, 3.8) is 0 Å². The van der Waals surface area contributed by atoms with Gasteiger partial charge in [0, 0.05) is 24.1 Å². The summed E-state index contributed by atoms with van der Waals surface area (Å²) in [5.41, 5.74) is 2.42. The predicted molar refractivity (Wildman–Crippen MR) is 163 cm³/mol. The number of esters is 2. The van der Waals surface area contributed by atoms with E-state index in [9.17, 15) is 19.5 Å². The normalized spacial score (nSPS) is 12.5. The van der Waals surface area contributed by atoms with E-state index in [0.717, 1.165) is 35.4 Å². The first-order valence-corrected chi connectivity index (χ1v) is 15.2. The molecule has 0 spiro atoms. The lowest BCUT2D eigenvalue weighted by Gasteiger charge is -2.35. The molecule has 0 bridgehead atoms. The van der Waals surface area contributed by atoms with Gasteiger partial charge in [-0.05, 0) is 75.8 Å². The second-order valence-corrected chi connectivity index (χ2v) is 10.7. The highest BCUT2D eigenvalue weighted by atomic mass is 16.5. The number of benzene rings is 1. The number of carbonyl (C=O) groups excluding carboxylic acids is 3. The van der Waals surface area contributed by atoms with Gasteiger partial charge >= 0.3 is 11.9 Å². The van der Waals surface area contributed by atoms with E-state index in [0.29, 0.717) is 38.1 Å². The molecule has 0 saturated carbocycles. The molecule has 2 rings (SSSR count). The van der Waals surface area contributed by atoms with Gasteiger partial charge in [0.2, 0.25) is 0 Å². The van der Waals surface area contributed by atoms with Crippen molar-refractivity contribution in [3.8, 4) is 5.75 Å². The van der Waals surface area contributed by atoms with E-state index in [1.807, 2.05) is 44.4 Å². The summed E-state index contributed by atoms with van der Waals surface area (Å²) in [7, 11) is 1.23. The molecular formula is C33H50N2O7. The number of ether oxygens (including phenoxy) is 3. The molecule has 1 heterocycles. The smallest absolute Gasteiger partial charge is 0.329 e. The van der Waals surface area contributed by atoms with E-state index in [1.165, 1.54) is 7.11 Å². The van der Waals surface area contributed by atoms with E-state index >= 15 is 0 Å². The number of rotatable bonds is 17. The van der Waals surface area contributed by atoms with E-state index in [-0.39, 0.29) is 18.4 Å². The minimum atomic E-state index is -1.16. The number of aromatic nitrogens is 1. The van der Waals surface area contributed by atoms with Crippen LogP contribution in [0.3, 0.4) is 0 Å². The maximum atomic E-state index is 13.5. The van der Waals surface area contributed by atoms with E-state index in [4.69, 9.17) is 14.2 Å². The third kappa shape index (κ3) is 7.94. The van der Waals surface area contributed by atoms with Crippen LogP contribution in [0, 0.1) is 6.92 Å². The highest BCUT2D eigenvalue weighted by Crippen LogP contribution is 2.41. The highest BCUT2D eigenvalue weighted by molar-refractivity contribution is 5.96. The van der Waals surface area contributed by atoms with Gasteiger partial charge < -0.3 is 29.2 Å². The van der Waals surface area contributed by atoms with Crippen molar-refractivity contribution in [1.82, 2.24) is 9.88 Å². The summed E-state index contributed by atoms with van der Waals surface area (Å²) in [6.45, 7) is 15.0. The summed E-state index contributed by atoms with van der Waals surface area (Å²) in [5.74, 6) is -0.985. The number of aliphatic hydroxyl groups is 1. The van der Waals surface area contributed by atoms with Gasteiger partial charge in [-0.2, -0.15) is 0 Å². The fraction of sp³-hybridized carbons (Fsp3) is 0.606. The number of hydrogen-bond donors (Lipinski definition) is 2. The highest BCUT2D eigenvalue weighted by Gasteiger charge is 2.36. The summed E-state index contributed by atoms with van der Waals surface area (Å²) in [6, 6.07) is 8.81. The van der Waals surface area contributed by atoms with E-state index < -0.39 is 29.5 Å². The SMILES string of the molecule is CCOC(=O)C(CC(=O)OC)NC(=O)c1ccc(C(CC)(CC)c2ccc(OCCC(O)(CC)CC)c(C)c2)n1CC. The lowest BCUT2D eigenvalue weighted by atomic mass is 9.72. The van der Waals surface area contributed by atoms with Crippen molar-refractivity contribution in [2.24, 2.45) is 0 Å². The molecule has 9 nitrogen and oxygen atoms in total. The first kappa shape index (κ1) is 34.9. The molecule has 1 aromatic carbocycles. The molecule has 42 heavy (non-hydrogen) atoms. The van der Waals surface area contributed by atoms with Crippen LogP contribution in [0.15, 0.2) is 30.3 Å². The molecule has 1 aromatic heterocycles. The molecule has 234 valence electrons. The minimum absolute atomic E-state index is 0.125. The van der Waals surface area contributed by atoms with Crippen LogP contribution in [-0.2, 0) is 31.0 Å². The van der Waals surface area contributed by atoms with Crippen LogP contribution < -0.4 is 10.1 Å². The van der Waals surface area contributed by atoms with Crippen LogP contribution in [-0.4, -0.2) is 59.5 Å². The van der Waals surface area contributed by atoms with Crippen LogP contribution in [0.5, 0.6) is 5.75 Å². The molecule has 9 heteroatoms. The molecule has 0 radical (unpaired) electrons. The number of amides is 1. The van der Waals surface area contributed by atoms with Crippen molar-refractivity contribution in [1.29, 1.82) is 0 Å². The number of methoxy groups -OCH3 is 1. The van der Waals surface area contributed by atoms with Crippen molar-refractivity contribution in [3.05, 3.63) is 52.8 Å². The average molecular weight is 587 g/mol. The van der Waals surface area contributed by atoms with Crippen LogP contribution in [0.2, 0.25) is 0 Å². The van der Waals surface area contributed by atoms with Gasteiger partial charge in [-0.25, -0.2) is 4.79 Å². The van der Waals surface area contributed by atoms with Crippen LogP contribution in [0.1, 0.15) is 107 Å². The van der Waals surface area contributed by atoms with Crippen molar-refractivity contribution >= 4 is 17.8 Å². The fourth-order valence-electron chi connectivity index (χ4n) is 5.57. The Hall–Kier alpha value is -3.33. The zero-order valence-corrected chi connectivity index (χ0v) is 26.7. The third-order valence-corrected chi connectivity index (χ3v) is 8.57. The summed E-state index contributed by atoms with van der Waals surface area (Å²) in [5, 5.41) is 13.3. The summed E-state index contributed by atoms with van der Waals surface area (Å²) < 4.78 is 17.8. The van der Waals surface area contributed by atoms with Crippen molar-refractivity contribution < 1.29 is 33.7 Å². The Morgan fingerprint density at radius 3 is 2.17 bits per heavy atom. The van der Waals surface area contributed by atoms with Gasteiger partial charge in [0.1, 0.15) is 17.5 Å². The molecule has 0 aliphatic rings. The third-order valence-electron chi connectivity index (χ3n) is 8.57. The molecule has 0 saturated heterocycles. The summed E-state index contributed by atoms with van der Waals surface area (Å²) in [4.78, 5) is 37.9. The Bertz CT molecular complexity index is 1200. The molecule has 1 unspecified atom stereocenters. The standard InChI is InChI=1S/C33H50N2O7/c1-9-32(39,10-2)19-20-42-27-17-15-24(21-23(27)7)33(11-3,12-4)28-18-16-26(35(28)13-5)30(37)34-25(22-29(36)40-8)31(38)41-14-6/h15-18,21,25,39H,9-14,19-20,22H2,1-8H3,(H,34,37). The number of nitrogens with zero attached hydrogens (tertiary/aromatic N) is 1. The minimum Gasteiger partial charge on any atom is -0.493 e. The topological polar surface area (TPSA) is 116 Å². The quantitative estimate of drug-likeness (QED) is 0.236. The monoisotopic (exact) mass is 586 g/mol. The molecule has 0 fully saturated rings. The van der Waals surface area contributed by atoms with Gasteiger partial charge in [-0.1, -0.05) is 39.8 Å². The number of nitrogens with one attached hydrogen (secondary N) is 1. The number of hydrogen-bond acceptors (Lipinski definition) is 7. The largest absolute Gasteiger partial charge is 0.493 e. The Kier molecular flexibility index (Phi) is 13.1. The lowest BCUT2D eigenvalue weighted by Crippen LogP contribution is -2.44. The maximum Gasteiger partial charge on any atom is 0.329 e. The van der Waals surface area contributed by atoms with E-state index in [1.54, 1.807) is 13.0 Å². The Morgan fingerprint density at radius 1 is 0.976 bits per heavy atom. The first-order valence-electron chi connectivity index (χ1n) is 15.2. The van der Waals surface area contributed by atoms with Gasteiger partial charge in [0.15, 0.2) is 0 Å². The first-order chi connectivity index (χ1) is 20.0. The zero-order chi connectivity index (χ0) is 31.5. The lowest BCUT2D eigenvalue weighted by molar-refractivity contribution is -0.150. The summed E-state index contributed by atoms with van der Waals surface area (Å²) in [6.07, 6.45) is 3.21. The van der Waals surface area contributed by atoms with Gasteiger partial charge in [0.05, 0.1) is 32.3 Å². The van der Waals surface area contributed by atoms with Gasteiger partial charge in [-0.15, -0.1) is 0 Å². The molecule has 1 amide bonds. The van der Waals surface area contributed by atoms with Crippen molar-refractivity contribution in [2.45, 2.75) is 111 Å². The Labute approximate surface area is 250 Å². The Balaban J connectivity index is 2.41. The Morgan fingerprint density at radius 2 is 1.64 bits per heavy atom. The molecule has 0 aliphatic heterocycles. The van der Waals surface area contributed by atoms with E-state index in [2.05, 4.69) is 31.3 Å². The van der Waals surface area contributed by atoms with Crippen LogP contribution in [0.25, 0.3) is 0 Å². The molecule has 2 N–H and O–H groups in total. The second-order valence-electron chi connectivity index (χ2n) is 10.7. The van der Waals surface area contributed by atoms with Crippen LogP contribution >= 0.6 is 0 Å². The second kappa shape index (κ2) is 15.8. The van der Waals surface area contributed by atoms with Crippen molar-refractivity contribution in [2.75, 3.05) is 20.3 Å². The van der Waals surface area contributed by atoms with Crippen LogP contribution in [0.4, 0.5) is 0 Å². The average Bonchev–Trinajstić information content (AvgIpc) is 3.43. The molecular weight excluding hydrogens is 536 g/mol. The number of aryl methyl sites for hydroxylation is 1. The number of carbonyl (C=O) groups is 3. The fourth-order valence-corrected chi connectivity index (χ4v) is 5.57. The van der Waals surface area contributed by atoms with Gasteiger partial charge in [-0.3, -0.25) is 9.59 Å². The summed E-state index contributed by atoms with van der Waals surface area (Å²) >= 11 is 0. The molecule has 2 aromatic rings.